The molecule has 1 aromatic carbocycles. The van der Waals surface area contributed by atoms with Gasteiger partial charge < -0.3 is 10.4 Å². The fourth-order valence-electron chi connectivity index (χ4n) is 2.68. The maximum atomic E-state index is 12.2. The molecule has 1 atom stereocenters. The highest BCUT2D eigenvalue weighted by molar-refractivity contribution is 5.96. The van der Waals surface area contributed by atoms with E-state index in [0.29, 0.717) is 5.56 Å². The number of nitrogens with one attached hydrogen (secondary N) is 1. The van der Waals surface area contributed by atoms with Gasteiger partial charge in [0.25, 0.3) is 5.91 Å². The largest absolute Gasteiger partial charge is 0.414 e. The van der Waals surface area contributed by atoms with Crippen molar-refractivity contribution in [1.82, 2.24) is 5.32 Å². The third kappa shape index (κ3) is 3.56. The molecule has 0 saturated heterocycles. The van der Waals surface area contributed by atoms with Crippen molar-refractivity contribution in [3.8, 4) is 0 Å². The Morgan fingerprint density at radius 3 is 2.67 bits per heavy atom. The van der Waals surface area contributed by atoms with Gasteiger partial charge in [0.05, 0.1) is 0 Å². The summed E-state index contributed by atoms with van der Waals surface area (Å²) in [6.07, 6.45) is -4.83. The molecule has 1 amide bonds. The summed E-state index contributed by atoms with van der Waals surface area (Å²) in [5.41, 5.74) is 3.86. The van der Waals surface area contributed by atoms with Crippen LogP contribution in [0, 0.1) is 6.92 Å². The third-order valence-electron chi connectivity index (χ3n) is 3.84. The topological polar surface area (TPSA) is 49.3 Å². The van der Waals surface area contributed by atoms with Crippen LogP contribution in [0.4, 0.5) is 13.2 Å². The monoisotopic (exact) mass is 301 g/mol. The summed E-state index contributed by atoms with van der Waals surface area (Å²) in [4.78, 5) is 12.1. The summed E-state index contributed by atoms with van der Waals surface area (Å²) in [5.74, 6) is -0.373. The number of aliphatic hydroxyl groups is 1. The summed E-state index contributed by atoms with van der Waals surface area (Å²) in [6, 6.07) is 3.58. The zero-order chi connectivity index (χ0) is 15.6. The Morgan fingerprint density at radius 1 is 1.33 bits per heavy atom. The SMILES string of the molecule is Cc1ccc(C(=O)NCCC(O)C(F)(F)F)c2c1CCC2. The molecule has 0 heterocycles. The number of rotatable bonds is 4. The van der Waals surface area contributed by atoms with E-state index in [0.717, 1.165) is 30.4 Å². The lowest BCUT2D eigenvalue weighted by atomic mass is 9.98. The highest BCUT2D eigenvalue weighted by Crippen LogP contribution is 2.28. The Morgan fingerprint density at radius 2 is 2.00 bits per heavy atom. The first kappa shape index (κ1) is 15.8. The molecule has 3 nitrogen and oxygen atoms in total. The molecule has 0 aromatic heterocycles. The average molecular weight is 301 g/mol. The van der Waals surface area contributed by atoms with Crippen molar-refractivity contribution >= 4 is 5.91 Å². The maximum Gasteiger partial charge on any atom is 0.414 e. The number of fused-ring (bicyclic) bond motifs is 1. The van der Waals surface area contributed by atoms with Crippen molar-refractivity contribution in [3.05, 3.63) is 34.4 Å². The molecule has 0 fully saturated rings. The van der Waals surface area contributed by atoms with E-state index in [1.165, 1.54) is 5.56 Å². The van der Waals surface area contributed by atoms with Gasteiger partial charge in [0.15, 0.2) is 6.10 Å². The summed E-state index contributed by atoms with van der Waals surface area (Å²) in [5, 5.41) is 11.3. The van der Waals surface area contributed by atoms with E-state index in [1.807, 2.05) is 13.0 Å². The number of hydrogen-bond donors (Lipinski definition) is 2. The van der Waals surface area contributed by atoms with Gasteiger partial charge in [-0.3, -0.25) is 4.79 Å². The van der Waals surface area contributed by atoms with Crippen LogP contribution in [-0.4, -0.2) is 29.8 Å². The van der Waals surface area contributed by atoms with Crippen molar-refractivity contribution in [2.24, 2.45) is 0 Å². The second kappa shape index (κ2) is 6.05. The van der Waals surface area contributed by atoms with E-state index in [2.05, 4.69) is 5.32 Å². The molecule has 1 unspecified atom stereocenters. The van der Waals surface area contributed by atoms with Crippen molar-refractivity contribution < 1.29 is 23.1 Å². The van der Waals surface area contributed by atoms with Crippen LogP contribution in [0.2, 0.25) is 0 Å². The Hall–Kier alpha value is -1.56. The molecule has 0 bridgehead atoms. The van der Waals surface area contributed by atoms with Gasteiger partial charge in [-0.1, -0.05) is 6.07 Å². The molecule has 0 radical (unpaired) electrons. The van der Waals surface area contributed by atoms with Crippen molar-refractivity contribution in [3.63, 3.8) is 0 Å². The average Bonchev–Trinajstić information content (AvgIpc) is 2.87. The fourth-order valence-corrected chi connectivity index (χ4v) is 2.68. The quantitative estimate of drug-likeness (QED) is 0.898. The molecule has 0 saturated carbocycles. The zero-order valence-corrected chi connectivity index (χ0v) is 11.8. The Kier molecular flexibility index (Phi) is 4.56. The van der Waals surface area contributed by atoms with Crippen LogP contribution in [0.1, 0.15) is 39.9 Å². The number of benzene rings is 1. The van der Waals surface area contributed by atoms with Crippen LogP contribution >= 0.6 is 0 Å². The summed E-state index contributed by atoms with van der Waals surface area (Å²) >= 11 is 0. The molecule has 21 heavy (non-hydrogen) atoms. The Bertz CT molecular complexity index is 540. The van der Waals surface area contributed by atoms with Crippen LogP contribution in [0.25, 0.3) is 0 Å². The molecule has 0 aliphatic heterocycles. The Labute approximate surface area is 121 Å². The molecular formula is C15H18F3NO2. The van der Waals surface area contributed by atoms with Crippen LogP contribution in [0.3, 0.4) is 0 Å². The van der Waals surface area contributed by atoms with Crippen LogP contribution in [-0.2, 0) is 12.8 Å². The highest BCUT2D eigenvalue weighted by atomic mass is 19.4. The van der Waals surface area contributed by atoms with Crippen molar-refractivity contribution in [1.29, 1.82) is 0 Å². The van der Waals surface area contributed by atoms with E-state index in [4.69, 9.17) is 5.11 Å². The minimum atomic E-state index is -4.64. The Balaban J connectivity index is 1.98. The molecule has 2 N–H and O–H groups in total. The van der Waals surface area contributed by atoms with E-state index in [-0.39, 0.29) is 12.5 Å². The van der Waals surface area contributed by atoms with E-state index in [9.17, 15) is 18.0 Å². The molecule has 1 aromatic rings. The minimum Gasteiger partial charge on any atom is -0.384 e. The first-order chi connectivity index (χ1) is 9.80. The lowest BCUT2D eigenvalue weighted by molar-refractivity contribution is -0.204. The minimum absolute atomic E-state index is 0.206. The number of carbonyl (C=O) groups excluding carboxylic acids is 1. The predicted octanol–water partition coefficient (Wildman–Crippen LogP) is 2.53. The molecule has 6 heteroatoms. The van der Waals surface area contributed by atoms with Gasteiger partial charge in [0.2, 0.25) is 0 Å². The van der Waals surface area contributed by atoms with E-state index in [1.54, 1.807) is 6.07 Å². The third-order valence-corrected chi connectivity index (χ3v) is 3.84. The second-order valence-corrected chi connectivity index (χ2v) is 5.34. The van der Waals surface area contributed by atoms with Gasteiger partial charge in [-0.05, 0) is 55.4 Å². The zero-order valence-electron chi connectivity index (χ0n) is 11.8. The van der Waals surface area contributed by atoms with Crippen LogP contribution in [0.5, 0.6) is 0 Å². The van der Waals surface area contributed by atoms with Crippen LogP contribution in [0.15, 0.2) is 12.1 Å². The maximum absolute atomic E-state index is 12.2. The van der Waals surface area contributed by atoms with Crippen molar-refractivity contribution in [2.75, 3.05) is 6.54 Å². The number of alkyl halides is 3. The molecule has 1 aliphatic carbocycles. The molecular weight excluding hydrogens is 283 g/mol. The normalized spacial score (nSPS) is 15.7. The van der Waals surface area contributed by atoms with Gasteiger partial charge in [0, 0.05) is 12.1 Å². The lowest BCUT2D eigenvalue weighted by Crippen LogP contribution is -2.34. The number of aryl methyl sites for hydroxylation is 1. The first-order valence-corrected chi connectivity index (χ1v) is 6.95. The van der Waals surface area contributed by atoms with E-state index >= 15 is 0 Å². The highest BCUT2D eigenvalue weighted by Gasteiger charge is 2.37. The van der Waals surface area contributed by atoms with Crippen LogP contribution < -0.4 is 5.32 Å². The smallest absolute Gasteiger partial charge is 0.384 e. The van der Waals surface area contributed by atoms with Gasteiger partial charge in [-0.2, -0.15) is 13.2 Å². The summed E-state index contributed by atoms with van der Waals surface area (Å²) in [6.45, 7) is 1.79. The molecule has 1 aliphatic rings. The first-order valence-electron chi connectivity index (χ1n) is 6.95. The summed E-state index contributed by atoms with van der Waals surface area (Å²) < 4.78 is 36.5. The predicted molar refractivity (Wildman–Crippen MR) is 72.2 cm³/mol. The summed E-state index contributed by atoms with van der Waals surface area (Å²) in [7, 11) is 0. The lowest BCUT2D eigenvalue weighted by Gasteiger charge is -2.15. The number of halogens is 3. The van der Waals surface area contributed by atoms with Gasteiger partial charge in [0.1, 0.15) is 0 Å². The number of hydrogen-bond acceptors (Lipinski definition) is 2. The van der Waals surface area contributed by atoms with Gasteiger partial charge in [-0.25, -0.2) is 0 Å². The van der Waals surface area contributed by atoms with Gasteiger partial charge >= 0.3 is 6.18 Å². The number of amides is 1. The molecule has 116 valence electrons. The number of carbonyl (C=O) groups is 1. The van der Waals surface area contributed by atoms with E-state index < -0.39 is 18.7 Å². The fraction of sp³-hybridized carbons (Fsp3) is 0.533. The molecule has 2 rings (SSSR count). The number of aliphatic hydroxyl groups excluding tert-OH is 1. The van der Waals surface area contributed by atoms with Gasteiger partial charge in [-0.15, -0.1) is 0 Å². The molecule has 0 spiro atoms. The standard InChI is InChI=1S/C15H18F3NO2/c1-9-5-6-12(11-4-2-3-10(9)11)14(21)19-8-7-13(20)15(16,17)18/h5-6,13,20H,2-4,7-8H2,1H3,(H,19,21). The second-order valence-electron chi connectivity index (χ2n) is 5.34. The van der Waals surface area contributed by atoms with Crippen molar-refractivity contribution in [2.45, 2.75) is 44.9 Å².